The summed E-state index contributed by atoms with van der Waals surface area (Å²) in [4.78, 5) is 12.3. The van der Waals surface area contributed by atoms with Crippen LogP contribution >= 0.6 is 35.0 Å². The molecule has 1 aromatic heterocycles. The third kappa shape index (κ3) is 7.35. The first-order valence-electron chi connectivity index (χ1n) is 11.5. The maximum absolute atomic E-state index is 12.3. The molecule has 0 saturated carbocycles. The predicted octanol–water partition coefficient (Wildman–Crippen LogP) is 6.40. The molecule has 0 unspecified atom stereocenters. The van der Waals surface area contributed by atoms with E-state index in [4.69, 9.17) is 27.9 Å². The molecule has 1 N–H and O–H groups in total. The van der Waals surface area contributed by atoms with E-state index in [-0.39, 0.29) is 11.7 Å². The van der Waals surface area contributed by atoms with Gasteiger partial charge in [-0.05, 0) is 55.8 Å². The van der Waals surface area contributed by atoms with Crippen molar-refractivity contribution in [1.82, 2.24) is 20.2 Å². The molecule has 4 aromatic rings. The van der Waals surface area contributed by atoms with Gasteiger partial charge in [-0.1, -0.05) is 70.9 Å². The van der Waals surface area contributed by atoms with Crippen LogP contribution in [0.15, 0.2) is 77.0 Å². The Kier molecular flexibility index (Phi) is 9.22. The molecule has 0 atom stereocenters. The molecule has 0 aliphatic carbocycles. The van der Waals surface area contributed by atoms with Crippen LogP contribution in [-0.2, 0) is 17.9 Å². The average molecular weight is 555 g/mol. The Morgan fingerprint density at radius 1 is 1.08 bits per heavy atom. The van der Waals surface area contributed by atoms with Crippen LogP contribution in [0.3, 0.4) is 0 Å². The van der Waals surface area contributed by atoms with Crippen LogP contribution in [0, 0.1) is 6.92 Å². The summed E-state index contributed by atoms with van der Waals surface area (Å²) >= 11 is 13.4. The topological polar surface area (TPSA) is 81.4 Å². The van der Waals surface area contributed by atoms with Crippen molar-refractivity contribution in [1.29, 1.82) is 0 Å². The fourth-order valence-corrected chi connectivity index (χ4v) is 4.65. The minimum Gasteiger partial charge on any atom is -0.489 e. The van der Waals surface area contributed by atoms with E-state index in [1.165, 1.54) is 17.3 Å². The molecule has 0 fully saturated rings. The first-order chi connectivity index (χ1) is 17.9. The Morgan fingerprint density at radius 2 is 1.84 bits per heavy atom. The van der Waals surface area contributed by atoms with Crippen molar-refractivity contribution in [3.63, 3.8) is 0 Å². The van der Waals surface area contributed by atoms with Gasteiger partial charge in [0.2, 0.25) is 0 Å². The third-order valence-electron chi connectivity index (χ3n) is 5.37. The standard InChI is InChI=1S/C27H25Cl2N5O2S/c1-3-34-26(20-8-4-18(2)5-9-20)32-33-27(34)37-17-25(35)31-30-15-19-6-12-23(13-7-19)36-16-21-10-11-22(28)14-24(21)29/h4-15H,3,16-17H2,1-2H3,(H,31,35)/b30-15+. The summed E-state index contributed by atoms with van der Waals surface area (Å²) in [6, 6.07) is 20.8. The van der Waals surface area contributed by atoms with Gasteiger partial charge in [0.05, 0.1) is 12.0 Å². The van der Waals surface area contributed by atoms with Crippen molar-refractivity contribution in [2.45, 2.75) is 32.2 Å². The molecule has 7 nitrogen and oxygen atoms in total. The first kappa shape index (κ1) is 26.7. The summed E-state index contributed by atoms with van der Waals surface area (Å²) in [5.74, 6) is 1.41. The molecule has 0 spiro atoms. The van der Waals surface area contributed by atoms with Gasteiger partial charge < -0.3 is 9.30 Å². The molecule has 4 rings (SSSR count). The fraction of sp³-hybridized carbons (Fsp3) is 0.185. The second-order valence-corrected chi connectivity index (χ2v) is 9.88. The second-order valence-electron chi connectivity index (χ2n) is 8.09. The molecule has 1 amide bonds. The number of aryl methyl sites for hydroxylation is 1. The zero-order chi connectivity index (χ0) is 26.2. The van der Waals surface area contributed by atoms with Crippen LogP contribution in [0.1, 0.15) is 23.6 Å². The number of carbonyl (C=O) groups excluding carboxylic acids is 1. The van der Waals surface area contributed by atoms with E-state index in [2.05, 4.69) is 20.7 Å². The molecule has 3 aromatic carbocycles. The highest BCUT2D eigenvalue weighted by atomic mass is 35.5. The summed E-state index contributed by atoms with van der Waals surface area (Å²) in [5, 5.41) is 14.5. The van der Waals surface area contributed by atoms with Gasteiger partial charge >= 0.3 is 0 Å². The predicted molar refractivity (Wildman–Crippen MR) is 150 cm³/mol. The molecule has 10 heteroatoms. The van der Waals surface area contributed by atoms with E-state index in [0.29, 0.717) is 34.1 Å². The van der Waals surface area contributed by atoms with Crippen LogP contribution < -0.4 is 10.2 Å². The smallest absolute Gasteiger partial charge is 0.250 e. The van der Waals surface area contributed by atoms with E-state index in [0.717, 1.165) is 22.5 Å². The number of halogens is 2. The van der Waals surface area contributed by atoms with Gasteiger partial charge in [-0.25, -0.2) is 5.43 Å². The van der Waals surface area contributed by atoms with Gasteiger partial charge in [0.15, 0.2) is 11.0 Å². The lowest BCUT2D eigenvalue weighted by Gasteiger charge is -2.08. The number of carbonyl (C=O) groups is 1. The normalized spacial score (nSPS) is 11.1. The highest BCUT2D eigenvalue weighted by Crippen LogP contribution is 2.25. The van der Waals surface area contributed by atoms with Crippen LogP contribution in [0.2, 0.25) is 10.0 Å². The zero-order valence-corrected chi connectivity index (χ0v) is 22.6. The van der Waals surface area contributed by atoms with Gasteiger partial charge in [-0.2, -0.15) is 5.10 Å². The fourth-order valence-electron chi connectivity index (χ4n) is 3.39. The number of thioether (sulfide) groups is 1. The number of benzene rings is 3. The monoisotopic (exact) mass is 553 g/mol. The second kappa shape index (κ2) is 12.8. The number of hydrogen-bond donors (Lipinski definition) is 1. The molecule has 0 aliphatic heterocycles. The number of aromatic nitrogens is 3. The van der Waals surface area contributed by atoms with Gasteiger partial charge in [-0.3, -0.25) is 4.79 Å². The number of nitrogens with zero attached hydrogens (tertiary/aromatic N) is 4. The number of amides is 1. The Balaban J connectivity index is 1.26. The lowest BCUT2D eigenvalue weighted by molar-refractivity contribution is -0.118. The maximum atomic E-state index is 12.3. The van der Waals surface area contributed by atoms with Crippen molar-refractivity contribution < 1.29 is 9.53 Å². The highest BCUT2D eigenvalue weighted by molar-refractivity contribution is 7.99. The molecule has 0 aliphatic rings. The molecule has 0 saturated heterocycles. The lowest BCUT2D eigenvalue weighted by atomic mass is 10.1. The largest absolute Gasteiger partial charge is 0.489 e. The summed E-state index contributed by atoms with van der Waals surface area (Å²) in [5.41, 5.74) is 6.39. The summed E-state index contributed by atoms with van der Waals surface area (Å²) < 4.78 is 7.78. The number of nitrogens with one attached hydrogen (secondary N) is 1. The number of rotatable bonds is 10. The van der Waals surface area contributed by atoms with E-state index in [1.54, 1.807) is 18.3 Å². The Bertz CT molecular complexity index is 1390. The number of ether oxygens (including phenoxy) is 1. The summed E-state index contributed by atoms with van der Waals surface area (Å²) in [7, 11) is 0. The van der Waals surface area contributed by atoms with Crippen molar-refractivity contribution in [2.75, 3.05) is 5.75 Å². The molecule has 0 radical (unpaired) electrons. The molecular formula is C27H25Cl2N5O2S. The highest BCUT2D eigenvalue weighted by Gasteiger charge is 2.14. The van der Waals surface area contributed by atoms with Crippen molar-refractivity contribution in [3.8, 4) is 17.1 Å². The van der Waals surface area contributed by atoms with Gasteiger partial charge in [-0.15, -0.1) is 10.2 Å². The summed E-state index contributed by atoms with van der Waals surface area (Å²) in [6.07, 6.45) is 1.58. The van der Waals surface area contributed by atoms with Gasteiger partial charge in [0.25, 0.3) is 5.91 Å². The summed E-state index contributed by atoms with van der Waals surface area (Å²) in [6.45, 7) is 5.10. The minimum absolute atomic E-state index is 0.170. The zero-order valence-electron chi connectivity index (χ0n) is 20.3. The van der Waals surface area contributed by atoms with E-state index in [9.17, 15) is 4.79 Å². The first-order valence-corrected chi connectivity index (χ1v) is 13.3. The number of hydrogen-bond acceptors (Lipinski definition) is 6. The van der Waals surface area contributed by atoms with Crippen LogP contribution in [0.4, 0.5) is 0 Å². The van der Waals surface area contributed by atoms with E-state index >= 15 is 0 Å². The van der Waals surface area contributed by atoms with Crippen LogP contribution in [-0.4, -0.2) is 32.6 Å². The maximum Gasteiger partial charge on any atom is 0.250 e. The lowest BCUT2D eigenvalue weighted by Crippen LogP contribution is -2.20. The Hall–Kier alpha value is -3.33. The molecule has 190 valence electrons. The van der Waals surface area contributed by atoms with Gasteiger partial charge in [0, 0.05) is 27.7 Å². The quantitative estimate of drug-likeness (QED) is 0.139. The minimum atomic E-state index is -0.233. The van der Waals surface area contributed by atoms with Crippen molar-refractivity contribution in [2.24, 2.45) is 5.10 Å². The van der Waals surface area contributed by atoms with Crippen molar-refractivity contribution >= 4 is 47.1 Å². The Morgan fingerprint density at radius 3 is 2.54 bits per heavy atom. The van der Waals surface area contributed by atoms with E-state index in [1.807, 2.05) is 73.0 Å². The molecule has 37 heavy (non-hydrogen) atoms. The van der Waals surface area contributed by atoms with Crippen LogP contribution in [0.25, 0.3) is 11.4 Å². The Labute approximate surface area is 229 Å². The SMILES string of the molecule is CCn1c(SCC(=O)N/N=C/c2ccc(OCc3ccc(Cl)cc3Cl)cc2)nnc1-c1ccc(C)cc1. The van der Waals surface area contributed by atoms with Crippen LogP contribution in [0.5, 0.6) is 5.75 Å². The van der Waals surface area contributed by atoms with E-state index < -0.39 is 0 Å². The van der Waals surface area contributed by atoms with Gasteiger partial charge in [0.1, 0.15) is 12.4 Å². The molecular weight excluding hydrogens is 529 g/mol. The molecule has 1 heterocycles. The number of hydrazone groups is 1. The third-order valence-corrected chi connectivity index (χ3v) is 6.92. The average Bonchev–Trinajstić information content (AvgIpc) is 3.31. The van der Waals surface area contributed by atoms with Crippen molar-refractivity contribution in [3.05, 3.63) is 93.5 Å². The molecule has 0 bridgehead atoms.